The molecular weight excluding hydrogens is 272 g/mol. The Hall–Kier alpha value is -1.79. The molecule has 1 fully saturated rings. The van der Waals surface area contributed by atoms with Crippen LogP contribution in [0.2, 0.25) is 0 Å². The third-order valence-electron chi connectivity index (χ3n) is 3.29. The van der Waals surface area contributed by atoms with Crippen molar-refractivity contribution in [2.45, 2.75) is 45.3 Å². The Labute approximate surface area is 125 Å². The first-order chi connectivity index (χ1) is 9.85. The number of amidine groups is 1. The number of hydrogen-bond acceptors (Lipinski definition) is 5. The second-order valence-corrected chi connectivity index (χ2v) is 6.36. The highest BCUT2D eigenvalue weighted by Gasteiger charge is 2.28. The number of carbonyl (C=O) groups excluding carboxylic acids is 2. The van der Waals surface area contributed by atoms with E-state index in [2.05, 4.69) is 15.6 Å². The smallest absolute Gasteiger partial charge is 0.410 e. The van der Waals surface area contributed by atoms with Gasteiger partial charge in [0.15, 0.2) is 0 Å². The minimum Gasteiger partial charge on any atom is -0.444 e. The van der Waals surface area contributed by atoms with Crippen molar-refractivity contribution >= 4 is 17.8 Å². The fourth-order valence-electron chi connectivity index (χ4n) is 2.30. The number of ether oxygens (including phenoxy) is 1. The predicted octanol–water partition coefficient (Wildman–Crippen LogP) is 0.504. The van der Waals surface area contributed by atoms with Crippen LogP contribution in [0.25, 0.3) is 0 Å². The van der Waals surface area contributed by atoms with Crippen molar-refractivity contribution in [3.63, 3.8) is 0 Å². The van der Waals surface area contributed by atoms with E-state index in [0.717, 1.165) is 19.4 Å². The number of piperidine rings is 1. The number of nitrogens with zero attached hydrogens (tertiary/aromatic N) is 2. The van der Waals surface area contributed by atoms with Crippen molar-refractivity contribution in [2.24, 2.45) is 4.99 Å². The van der Waals surface area contributed by atoms with Crippen molar-refractivity contribution in [1.82, 2.24) is 15.5 Å². The zero-order chi connectivity index (χ0) is 15.5. The molecule has 21 heavy (non-hydrogen) atoms. The first kappa shape index (κ1) is 15.6. The summed E-state index contributed by atoms with van der Waals surface area (Å²) < 4.78 is 5.36. The minimum absolute atomic E-state index is 0.00154. The second-order valence-electron chi connectivity index (χ2n) is 6.36. The Morgan fingerprint density at radius 1 is 1.48 bits per heavy atom. The zero-order valence-electron chi connectivity index (χ0n) is 12.9. The van der Waals surface area contributed by atoms with Gasteiger partial charge in [-0.1, -0.05) is 0 Å². The standard InChI is InChI=1S/C14H24N4O3/c1-14(2,3)21-13(20)18-8-7-15-11(9-18)17-10-5-4-6-16-12(10)19/h10H,4-9H2,1-3H3,(H,15,17)(H,16,19). The molecule has 1 atom stereocenters. The molecule has 0 saturated carbocycles. The lowest BCUT2D eigenvalue weighted by atomic mass is 10.1. The Bertz CT molecular complexity index is 442. The topological polar surface area (TPSA) is 83.0 Å². The van der Waals surface area contributed by atoms with Crippen LogP contribution < -0.4 is 10.6 Å². The van der Waals surface area contributed by atoms with Crippen LogP contribution in [0.1, 0.15) is 33.6 Å². The number of amides is 2. The third kappa shape index (κ3) is 4.61. The van der Waals surface area contributed by atoms with Gasteiger partial charge in [-0.15, -0.1) is 0 Å². The molecule has 0 aliphatic carbocycles. The molecule has 0 aromatic carbocycles. The highest BCUT2D eigenvalue weighted by atomic mass is 16.6. The summed E-state index contributed by atoms with van der Waals surface area (Å²) in [5.74, 6) is 0.674. The van der Waals surface area contributed by atoms with E-state index >= 15 is 0 Å². The summed E-state index contributed by atoms with van der Waals surface area (Å²) in [4.78, 5) is 29.8. The van der Waals surface area contributed by atoms with Gasteiger partial charge in [0.05, 0.1) is 13.1 Å². The van der Waals surface area contributed by atoms with E-state index < -0.39 is 5.60 Å². The molecule has 2 heterocycles. The van der Waals surface area contributed by atoms with Crippen molar-refractivity contribution in [2.75, 3.05) is 26.2 Å². The van der Waals surface area contributed by atoms with Crippen LogP contribution in [0.15, 0.2) is 4.99 Å². The fraction of sp³-hybridized carbons (Fsp3) is 0.786. The summed E-state index contributed by atoms with van der Waals surface area (Å²) in [6.07, 6.45) is 1.40. The summed E-state index contributed by atoms with van der Waals surface area (Å²) >= 11 is 0. The maximum absolute atomic E-state index is 12.1. The van der Waals surface area contributed by atoms with E-state index in [9.17, 15) is 9.59 Å². The summed E-state index contributed by atoms with van der Waals surface area (Å²) in [5.41, 5.74) is -0.511. The number of nitrogens with one attached hydrogen (secondary N) is 2. The molecule has 2 rings (SSSR count). The molecular formula is C14H24N4O3. The number of carbonyl (C=O) groups is 2. The normalized spacial score (nSPS) is 23.2. The van der Waals surface area contributed by atoms with Gasteiger partial charge in [0.2, 0.25) is 5.91 Å². The summed E-state index contributed by atoms with van der Waals surface area (Å²) in [6.45, 7) is 7.68. The van der Waals surface area contributed by atoms with E-state index in [4.69, 9.17) is 4.74 Å². The van der Waals surface area contributed by atoms with Crippen LogP contribution in [0.4, 0.5) is 4.79 Å². The molecule has 2 amide bonds. The van der Waals surface area contributed by atoms with Crippen LogP contribution >= 0.6 is 0 Å². The van der Waals surface area contributed by atoms with Gasteiger partial charge in [-0.05, 0) is 33.6 Å². The summed E-state index contributed by atoms with van der Waals surface area (Å²) in [7, 11) is 0. The van der Waals surface area contributed by atoms with Crippen LogP contribution in [0.5, 0.6) is 0 Å². The van der Waals surface area contributed by atoms with Gasteiger partial charge in [-0.2, -0.15) is 0 Å². The van der Waals surface area contributed by atoms with Crippen molar-refractivity contribution < 1.29 is 14.3 Å². The molecule has 0 spiro atoms. The average Bonchev–Trinajstić information content (AvgIpc) is 2.40. The molecule has 2 aliphatic rings. The molecule has 118 valence electrons. The van der Waals surface area contributed by atoms with Crippen LogP contribution in [0.3, 0.4) is 0 Å². The third-order valence-corrected chi connectivity index (χ3v) is 3.29. The van der Waals surface area contributed by atoms with Gasteiger partial charge in [-0.25, -0.2) is 4.79 Å². The molecule has 1 unspecified atom stereocenters. The molecule has 0 radical (unpaired) electrons. The van der Waals surface area contributed by atoms with E-state index in [1.165, 1.54) is 0 Å². The number of aliphatic imine (C=N–C) groups is 1. The first-order valence-electron chi connectivity index (χ1n) is 7.41. The maximum Gasteiger partial charge on any atom is 0.410 e. The Morgan fingerprint density at radius 2 is 2.24 bits per heavy atom. The van der Waals surface area contributed by atoms with Gasteiger partial charge in [0.25, 0.3) is 0 Å². The van der Waals surface area contributed by atoms with Crippen molar-refractivity contribution in [3.8, 4) is 0 Å². The van der Waals surface area contributed by atoms with E-state index in [1.807, 2.05) is 20.8 Å². The molecule has 7 heteroatoms. The van der Waals surface area contributed by atoms with Crippen LogP contribution in [-0.4, -0.2) is 60.6 Å². The van der Waals surface area contributed by atoms with Gasteiger partial charge in [0, 0.05) is 13.1 Å². The van der Waals surface area contributed by atoms with E-state index in [-0.39, 0.29) is 18.0 Å². The molecule has 2 N–H and O–H groups in total. The Kier molecular flexibility index (Phi) is 4.69. The van der Waals surface area contributed by atoms with Gasteiger partial charge < -0.3 is 15.4 Å². The Balaban J connectivity index is 1.89. The lowest BCUT2D eigenvalue weighted by molar-refractivity contribution is -0.124. The van der Waals surface area contributed by atoms with E-state index in [1.54, 1.807) is 4.90 Å². The number of hydrogen-bond donors (Lipinski definition) is 2. The second kappa shape index (κ2) is 6.32. The SMILES string of the molecule is CC(C)(C)OC(=O)N1CCN=C(NC2CCCNC2=O)C1. The summed E-state index contributed by atoms with van der Waals surface area (Å²) in [6, 6.07) is -0.254. The quantitative estimate of drug-likeness (QED) is 0.738. The fourth-order valence-corrected chi connectivity index (χ4v) is 2.30. The highest BCUT2D eigenvalue weighted by Crippen LogP contribution is 2.11. The van der Waals surface area contributed by atoms with E-state index in [0.29, 0.717) is 25.5 Å². The lowest BCUT2D eigenvalue weighted by Crippen LogP contribution is -2.54. The molecule has 2 aliphatic heterocycles. The van der Waals surface area contributed by atoms with Crippen LogP contribution in [-0.2, 0) is 9.53 Å². The van der Waals surface area contributed by atoms with Crippen molar-refractivity contribution in [3.05, 3.63) is 0 Å². The summed E-state index contributed by atoms with van der Waals surface area (Å²) in [5, 5.41) is 5.97. The largest absolute Gasteiger partial charge is 0.444 e. The van der Waals surface area contributed by atoms with Crippen LogP contribution in [0, 0.1) is 0 Å². The zero-order valence-corrected chi connectivity index (χ0v) is 12.9. The number of rotatable bonds is 1. The average molecular weight is 296 g/mol. The Morgan fingerprint density at radius 3 is 2.90 bits per heavy atom. The molecule has 0 aromatic rings. The molecule has 0 bridgehead atoms. The molecule has 0 aromatic heterocycles. The monoisotopic (exact) mass is 296 g/mol. The van der Waals surface area contributed by atoms with Gasteiger partial charge in [0.1, 0.15) is 17.5 Å². The minimum atomic E-state index is -0.511. The molecule has 7 nitrogen and oxygen atoms in total. The lowest BCUT2D eigenvalue weighted by Gasteiger charge is -2.31. The molecule has 1 saturated heterocycles. The highest BCUT2D eigenvalue weighted by molar-refractivity contribution is 5.93. The predicted molar refractivity (Wildman–Crippen MR) is 79.3 cm³/mol. The van der Waals surface area contributed by atoms with Gasteiger partial charge in [-0.3, -0.25) is 14.7 Å². The van der Waals surface area contributed by atoms with Gasteiger partial charge >= 0.3 is 6.09 Å². The first-order valence-corrected chi connectivity index (χ1v) is 7.41. The maximum atomic E-state index is 12.1. The van der Waals surface area contributed by atoms with Crippen molar-refractivity contribution in [1.29, 1.82) is 0 Å².